The summed E-state index contributed by atoms with van der Waals surface area (Å²) in [5, 5.41) is 6.97. The Kier molecular flexibility index (Phi) is 3.58. The van der Waals surface area contributed by atoms with Crippen molar-refractivity contribution in [3.8, 4) is 0 Å². The Morgan fingerprint density at radius 3 is 3.00 bits per heavy atom. The highest BCUT2D eigenvalue weighted by Gasteiger charge is 2.04. The largest absolute Gasteiger partial charge is 0.361 e. The molecule has 0 spiro atoms. The number of hydrogen-bond donors (Lipinski definition) is 2. The summed E-state index contributed by atoms with van der Waals surface area (Å²) in [5.41, 5.74) is 1.78. The van der Waals surface area contributed by atoms with Gasteiger partial charge in [-0.05, 0) is 24.6 Å². The maximum atomic E-state index is 11.0. The van der Waals surface area contributed by atoms with E-state index in [4.69, 9.17) is 0 Å². The number of aromatic nitrogens is 1. The Hall–Kier alpha value is -1.62. The molecule has 2 aromatic rings. The fourth-order valence-corrected chi connectivity index (χ4v) is 2.44. The molecular formula is C12H15N3OS. The SMILES string of the molecule is CCCNc1nc2ccc(NC(C)=O)cc2s1. The van der Waals surface area contributed by atoms with Crippen molar-refractivity contribution < 1.29 is 4.79 Å². The predicted molar refractivity (Wildman–Crippen MR) is 72.7 cm³/mol. The molecule has 1 aromatic carbocycles. The predicted octanol–water partition coefficient (Wildman–Crippen LogP) is 3.08. The van der Waals surface area contributed by atoms with E-state index in [0.29, 0.717) is 0 Å². The first kappa shape index (κ1) is 11.9. The molecule has 0 aliphatic heterocycles. The standard InChI is InChI=1S/C12H15N3OS/c1-3-6-13-12-15-10-5-4-9(14-8(2)16)7-11(10)17-12/h4-5,7H,3,6H2,1-2H3,(H,13,15)(H,14,16). The summed E-state index contributed by atoms with van der Waals surface area (Å²) in [6.07, 6.45) is 1.08. The van der Waals surface area contributed by atoms with Gasteiger partial charge in [0.15, 0.2) is 5.13 Å². The lowest BCUT2D eigenvalue weighted by Gasteiger charge is -1.99. The van der Waals surface area contributed by atoms with E-state index in [2.05, 4.69) is 22.5 Å². The quantitative estimate of drug-likeness (QED) is 0.875. The first-order valence-electron chi connectivity index (χ1n) is 5.61. The number of benzene rings is 1. The minimum atomic E-state index is -0.0572. The number of fused-ring (bicyclic) bond motifs is 1. The number of hydrogen-bond acceptors (Lipinski definition) is 4. The summed E-state index contributed by atoms with van der Waals surface area (Å²) in [7, 11) is 0. The van der Waals surface area contributed by atoms with Crippen molar-refractivity contribution >= 4 is 38.3 Å². The second-order valence-electron chi connectivity index (χ2n) is 3.81. The van der Waals surface area contributed by atoms with Gasteiger partial charge in [0.05, 0.1) is 10.2 Å². The summed E-state index contributed by atoms with van der Waals surface area (Å²) in [6.45, 7) is 4.55. The zero-order valence-corrected chi connectivity index (χ0v) is 10.7. The van der Waals surface area contributed by atoms with Crippen molar-refractivity contribution in [2.24, 2.45) is 0 Å². The molecule has 2 rings (SSSR count). The second-order valence-corrected chi connectivity index (χ2v) is 4.84. The van der Waals surface area contributed by atoms with Crippen LogP contribution in [0.3, 0.4) is 0 Å². The minimum absolute atomic E-state index is 0.0572. The van der Waals surface area contributed by atoms with Crippen LogP contribution in [0.15, 0.2) is 18.2 Å². The molecule has 1 amide bonds. The van der Waals surface area contributed by atoms with Gasteiger partial charge in [0.1, 0.15) is 0 Å². The van der Waals surface area contributed by atoms with Crippen LogP contribution < -0.4 is 10.6 Å². The fraction of sp³-hybridized carbons (Fsp3) is 0.333. The van der Waals surface area contributed by atoms with Gasteiger partial charge in [-0.25, -0.2) is 4.98 Å². The number of amides is 1. The zero-order valence-electron chi connectivity index (χ0n) is 9.91. The molecular weight excluding hydrogens is 234 g/mol. The van der Waals surface area contributed by atoms with Gasteiger partial charge in [0, 0.05) is 19.2 Å². The first-order chi connectivity index (χ1) is 8.19. The van der Waals surface area contributed by atoms with Crippen LogP contribution in [-0.2, 0) is 4.79 Å². The van der Waals surface area contributed by atoms with Gasteiger partial charge in [-0.3, -0.25) is 4.79 Å². The van der Waals surface area contributed by atoms with Crippen LogP contribution in [0.4, 0.5) is 10.8 Å². The van der Waals surface area contributed by atoms with E-state index < -0.39 is 0 Å². The number of rotatable bonds is 4. The van der Waals surface area contributed by atoms with Crippen LogP contribution >= 0.6 is 11.3 Å². The van der Waals surface area contributed by atoms with Crippen LogP contribution in [0, 0.1) is 0 Å². The van der Waals surface area contributed by atoms with E-state index in [1.165, 1.54) is 6.92 Å². The lowest BCUT2D eigenvalue weighted by molar-refractivity contribution is -0.114. The smallest absolute Gasteiger partial charge is 0.221 e. The molecule has 0 bridgehead atoms. The molecule has 1 heterocycles. The Bertz CT molecular complexity index is 536. The highest BCUT2D eigenvalue weighted by Crippen LogP contribution is 2.28. The van der Waals surface area contributed by atoms with Crippen molar-refractivity contribution in [3.63, 3.8) is 0 Å². The van der Waals surface area contributed by atoms with Crippen molar-refractivity contribution in [2.75, 3.05) is 17.2 Å². The van der Waals surface area contributed by atoms with E-state index >= 15 is 0 Å². The highest BCUT2D eigenvalue weighted by atomic mass is 32.1. The van der Waals surface area contributed by atoms with E-state index in [1.807, 2.05) is 18.2 Å². The minimum Gasteiger partial charge on any atom is -0.361 e. The maximum absolute atomic E-state index is 11.0. The molecule has 0 aliphatic rings. The van der Waals surface area contributed by atoms with Gasteiger partial charge in [-0.1, -0.05) is 18.3 Å². The van der Waals surface area contributed by atoms with Gasteiger partial charge in [-0.15, -0.1) is 0 Å². The van der Waals surface area contributed by atoms with E-state index in [9.17, 15) is 4.79 Å². The molecule has 0 aliphatic carbocycles. The number of anilines is 2. The molecule has 4 nitrogen and oxygen atoms in total. The Balaban J connectivity index is 2.24. The van der Waals surface area contributed by atoms with Crippen molar-refractivity contribution in [1.29, 1.82) is 0 Å². The molecule has 0 saturated heterocycles. The molecule has 0 atom stereocenters. The van der Waals surface area contributed by atoms with Crippen molar-refractivity contribution in [3.05, 3.63) is 18.2 Å². The van der Waals surface area contributed by atoms with Gasteiger partial charge in [0.25, 0.3) is 0 Å². The number of thiazole rings is 1. The van der Waals surface area contributed by atoms with Gasteiger partial charge in [0.2, 0.25) is 5.91 Å². The number of nitrogens with one attached hydrogen (secondary N) is 2. The second kappa shape index (κ2) is 5.14. The summed E-state index contributed by atoms with van der Waals surface area (Å²) >= 11 is 1.60. The highest BCUT2D eigenvalue weighted by molar-refractivity contribution is 7.22. The number of nitrogens with zero attached hydrogens (tertiary/aromatic N) is 1. The molecule has 17 heavy (non-hydrogen) atoms. The topological polar surface area (TPSA) is 54.0 Å². The van der Waals surface area contributed by atoms with Crippen LogP contribution in [0.2, 0.25) is 0 Å². The average Bonchev–Trinajstić information content (AvgIpc) is 2.67. The molecule has 90 valence electrons. The molecule has 0 saturated carbocycles. The Labute approximate surface area is 104 Å². The lowest BCUT2D eigenvalue weighted by atomic mass is 10.3. The summed E-state index contributed by atoms with van der Waals surface area (Å²) in [5.74, 6) is -0.0572. The molecule has 0 unspecified atom stereocenters. The van der Waals surface area contributed by atoms with E-state index in [1.54, 1.807) is 11.3 Å². The first-order valence-corrected chi connectivity index (χ1v) is 6.42. The van der Waals surface area contributed by atoms with E-state index in [0.717, 1.165) is 34.0 Å². The number of carbonyl (C=O) groups is 1. The normalized spacial score (nSPS) is 10.5. The third-order valence-corrected chi connectivity index (χ3v) is 3.21. The summed E-state index contributed by atoms with van der Waals surface area (Å²) in [4.78, 5) is 15.4. The molecule has 0 radical (unpaired) electrons. The van der Waals surface area contributed by atoms with E-state index in [-0.39, 0.29) is 5.91 Å². The van der Waals surface area contributed by atoms with Gasteiger partial charge < -0.3 is 10.6 Å². The number of carbonyl (C=O) groups excluding carboxylic acids is 1. The average molecular weight is 249 g/mol. The lowest BCUT2D eigenvalue weighted by Crippen LogP contribution is -2.05. The summed E-state index contributed by atoms with van der Waals surface area (Å²) < 4.78 is 1.08. The molecule has 5 heteroatoms. The molecule has 2 N–H and O–H groups in total. The van der Waals surface area contributed by atoms with Crippen LogP contribution in [0.25, 0.3) is 10.2 Å². The molecule has 1 aromatic heterocycles. The third kappa shape index (κ3) is 2.94. The monoisotopic (exact) mass is 249 g/mol. The fourth-order valence-electron chi connectivity index (χ4n) is 1.51. The summed E-state index contributed by atoms with van der Waals surface area (Å²) in [6, 6.07) is 5.74. The maximum Gasteiger partial charge on any atom is 0.221 e. The third-order valence-electron chi connectivity index (χ3n) is 2.24. The zero-order chi connectivity index (χ0) is 12.3. The Morgan fingerprint density at radius 1 is 1.47 bits per heavy atom. The van der Waals surface area contributed by atoms with Crippen LogP contribution in [0.1, 0.15) is 20.3 Å². The van der Waals surface area contributed by atoms with Gasteiger partial charge in [-0.2, -0.15) is 0 Å². The van der Waals surface area contributed by atoms with Crippen molar-refractivity contribution in [2.45, 2.75) is 20.3 Å². The van der Waals surface area contributed by atoms with Crippen molar-refractivity contribution in [1.82, 2.24) is 4.98 Å². The van der Waals surface area contributed by atoms with Crippen LogP contribution in [0.5, 0.6) is 0 Å². The van der Waals surface area contributed by atoms with Crippen LogP contribution in [-0.4, -0.2) is 17.4 Å². The van der Waals surface area contributed by atoms with Gasteiger partial charge >= 0.3 is 0 Å². The Morgan fingerprint density at radius 2 is 2.29 bits per heavy atom. The molecule has 0 fully saturated rings.